The van der Waals surface area contributed by atoms with E-state index in [4.69, 9.17) is 0 Å². The van der Waals surface area contributed by atoms with Gasteiger partial charge in [0.1, 0.15) is 5.82 Å². The molecule has 0 bridgehead atoms. The molecule has 2 fully saturated rings. The van der Waals surface area contributed by atoms with Crippen LogP contribution in [0.25, 0.3) is 0 Å². The number of hydrogen-bond acceptors (Lipinski definition) is 4. The van der Waals surface area contributed by atoms with Gasteiger partial charge in [0.2, 0.25) is 0 Å². The first-order valence-electron chi connectivity index (χ1n) is 7.40. The molecule has 1 aromatic heterocycles. The Bertz CT molecular complexity index is 518. The summed E-state index contributed by atoms with van der Waals surface area (Å²) in [6, 6.07) is 4.01. The lowest BCUT2D eigenvalue weighted by Gasteiger charge is -2.38. The van der Waals surface area contributed by atoms with Crippen molar-refractivity contribution in [3.63, 3.8) is 0 Å². The zero-order valence-electron chi connectivity index (χ0n) is 11.9. The van der Waals surface area contributed by atoms with E-state index in [2.05, 4.69) is 14.8 Å². The summed E-state index contributed by atoms with van der Waals surface area (Å²) >= 11 is 0. The molecule has 1 unspecified atom stereocenters. The van der Waals surface area contributed by atoms with Gasteiger partial charge in [-0.1, -0.05) is 6.92 Å². The average molecular weight is 275 g/mol. The maximum atomic E-state index is 11.2. The van der Waals surface area contributed by atoms with Crippen molar-refractivity contribution in [3.05, 3.63) is 23.4 Å². The summed E-state index contributed by atoms with van der Waals surface area (Å²) in [7, 11) is 0. The Hall–Kier alpha value is -1.62. The number of rotatable bonds is 3. The molecule has 0 saturated carbocycles. The van der Waals surface area contributed by atoms with Crippen LogP contribution in [-0.2, 0) is 6.42 Å². The van der Waals surface area contributed by atoms with E-state index in [9.17, 15) is 9.90 Å². The van der Waals surface area contributed by atoms with Gasteiger partial charge < -0.3 is 10.0 Å². The lowest BCUT2D eigenvalue weighted by molar-refractivity contribution is 0.0696. The maximum absolute atomic E-state index is 11.2. The molecule has 0 aliphatic carbocycles. The van der Waals surface area contributed by atoms with Crippen LogP contribution in [0, 0.1) is 0 Å². The van der Waals surface area contributed by atoms with E-state index in [-0.39, 0.29) is 0 Å². The van der Waals surface area contributed by atoms with Gasteiger partial charge in [-0.05, 0) is 37.9 Å². The third-order valence-corrected chi connectivity index (χ3v) is 4.39. The number of piperazine rings is 1. The number of pyridine rings is 1. The van der Waals surface area contributed by atoms with E-state index in [1.807, 2.05) is 6.92 Å². The van der Waals surface area contributed by atoms with Crippen molar-refractivity contribution >= 4 is 11.8 Å². The molecule has 20 heavy (non-hydrogen) atoms. The molecule has 0 spiro atoms. The summed E-state index contributed by atoms with van der Waals surface area (Å²) in [5.74, 6) is -0.0452. The van der Waals surface area contributed by atoms with E-state index < -0.39 is 5.97 Å². The minimum atomic E-state index is -0.872. The van der Waals surface area contributed by atoms with Crippen molar-refractivity contribution in [2.24, 2.45) is 0 Å². The van der Waals surface area contributed by atoms with Crippen LogP contribution in [0.2, 0.25) is 0 Å². The van der Waals surface area contributed by atoms with E-state index >= 15 is 0 Å². The van der Waals surface area contributed by atoms with Gasteiger partial charge in [0.25, 0.3) is 0 Å². The number of carboxylic acid groups (broad SMARTS) is 1. The number of aromatic carboxylic acids is 1. The van der Waals surface area contributed by atoms with Crippen molar-refractivity contribution in [1.82, 2.24) is 9.88 Å². The second kappa shape index (κ2) is 5.40. The summed E-state index contributed by atoms with van der Waals surface area (Å²) < 4.78 is 0. The fourth-order valence-electron chi connectivity index (χ4n) is 3.24. The van der Waals surface area contributed by atoms with Crippen molar-refractivity contribution in [2.75, 3.05) is 31.1 Å². The average Bonchev–Trinajstić information content (AvgIpc) is 2.94. The normalized spacial score (nSPS) is 22.9. The van der Waals surface area contributed by atoms with E-state index in [0.29, 0.717) is 11.6 Å². The summed E-state index contributed by atoms with van der Waals surface area (Å²) in [5.41, 5.74) is 1.20. The molecule has 0 amide bonds. The van der Waals surface area contributed by atoms with Gasteiger partial charge in [-0.15, -0.1) is 0 Å². The molecular formula is C15H21N3O2. The minimum absolute atomic E-state index is 0.348. The van der Waals surface area contributed by atoms with Crippen molar-refractivity contribution < 1.29 is 9.90 Å². The predicted molar refractivity (Wildman–Crippen MR) is 77.4 cm³/mol. The number of aromatic nitrogens is 1. The van der Waals surface area contributed by atoms with Gasteiger partial charge >= 0.3 is 5.97 Å². The van der Waals surface area contributed by atoms with E-state index in [1.165, 1.54) is 19.4 Å². The fourth-order valence-corrected chi connectivity index (χ4v) is 3.24. The number of carboxylic acids is 1. The zero-order valence-corrected chi connectivity index (χ0v) is 11.9. The number of fused-ring (bicyclic) bond motifs is 1. The second-order valence-electron chi connectivity index (χ2n) is 5.64. The van der Waals surface area contributed by atoms with Gasteiger partial charge in [0.15, 0.2) is 0 Å². The summed E-state index contributed by atoms with van der Waals surface area (Å²) in [5, 5.41) is 9.22. The van der Waals surface area contributed by atoms with Gasteiger partial charge in [-0.2, -0.15) is 0 Å². The van der Waals surface area contributed by atoms with Gasteiger partial charge in [0.05, 0.1) is 5.56 Å². The van der Waals surface area contributed by atoms with Crippen LogP contribution < -0.4 is 4.90 Å². The predicted octanol–water partition coefficient (Wildman–Crippen LogP) is 1.63. The molecule has 0 aromatic carbocycles. The summed E-state index contributed by atoms with van der Waals surface area (Å²) in [6.07, 6.45) is 3.29. The molecule has 5 heteroatoms. The summed E-state index contributed by atoms with van der Waals surface area (Å²) in [4.78, 5) is 20.6. The molecule has 2 saturated heterocycles. The first-order valence-corrected chi connectivity index (χ1v) is 7.40. The highest BCUT2D eigenvalue weighted by Gasteiger charge is 2.31. The Kier molecular flexibility index (Phi) is 3.61. The highest BCUT2D eigenvalue weighted by Crippen LogP contribution is 2.25. The molecule has 1 aromatic rings. The maximum Gasteiger partial charge on any atom is 0.335 e. The number of nitrogens with zero attached hydrogens (tertiary/aromatic N) is 3. The molecule has 1 atom stereocenters. The van der Waals surface area contributed by atoms with Crippen LogP contribution >= 0.6 is 0 Å². The molecule has 108 valence electrons. The monoisotopic (exact) mass is 275 g/mol. The van der Waals surface area contributed by atoms with Crippen LogP contribution in [0.4, 0.5) is 5.82 Å². The van der Waals surface area contributed by atoms with Crippen molar-refractivity contribution in [1.29, 1.82) is 0 Å². The zero-order chi connectivity index (χ0) is 14.1. The fraction of sp³-hybridized carbons (Fsp3) is 0.600. The Morgan fingerprint density at radius 3 is 3.00 bits per heavy atom. The van der Waals surface area contributed by atoms with Crippen LogP contribution in [0.3, 0.4) is 0 Å². The van der Waals surface area contributed by atoms with Crippen LogP contribution in [0.15, 0.2) is 12.1 Å². The smallest absolute Gasteiger partial charge is 0.335 e. The molecule has 3 heterocycles. The number of carbonyl (C=O) groups is 1. The number of hydrogen-bond donors (Lipinski definition) is 1. The standard InChI is InChI=1S/C15H21N3O2/c1-2-12-8-11(15(19)20)9-14(16-12)18-7-6-17-5-3-4-13(17)10-18/h8-9,13H,2-7,10H2,1H3,(H,19,20). The molecule has 2 aliphatic rings. The molecular weight excluding hydrogens is 254 g/mol. The molecule has 0 radical (unpaired) electrons. The van der Waals surface area contributed by atoms with Crippen LogP contribution in [-0.4, -0.2) is 53.2 Å². The Balaban J connectivity index is 1.85. The lowest BCUT2D eigenvalue weighted by atomic mass is 10.1. The number of anilines is 1. The summed E-state index contributed by atoms with van der Waals surface area (Å²) in [6.45, 7) is 6.19. The topological polar surface area (TPSA) is 56.7 Å². The second-order valence-corrected chi connectivity index (χ2v) is 5.64. The Labute approximate surface area is 119 Å². The van der Waals surface area contributed by atoms with E-state index in [1.54, 1.807) is 12.1 Å². The molecule has 3 rings (SSSR count). The molecule has 1 N–H and O–H groups in total. The van der Waals surface area contributed by atoms with Crippen molar-refractivity contribution in [2.45, 2.75) is 32.2 Å². The Morgan fingerprint density at radius 1 is 1.40 bits per heavy atom. The molecule has 2 aliphatic heterocycles. The third-order valence-electron chi connectivity index (χ3n) is 4.39. The lowest BCUT2D eigenvalue weighted by Crippen LogP contribution is -2.50. The van der Waals surface area contributed by atoms with Crippen molar-refractivity contribution in [3.8, 4) is 0 Å². The highest BCUT2D eigenvalue weighted by molar-refractivity contribution is 5.88. The first-order chi connectivity index (χ1) is 9.67. The first kappa shape index (κ1) is 13.4. The van der Waals surface area contributed by atoms with Gasteiger partial charge in [-0.3, -0.25) is 4.90 Å². The van der Waals surface area contributed by atoms with E-state index in [0.717, 1.165) is 37.6 Å². The molecule has 5 nitrogen and oxygen atoms in total. The third kappa shape index (κ3) is 2.50. The Morgan fingerprint density at radius 2 is 2.25 bits per heavy atom. The van der Waals surface area contributed by atoms with Gasteiger partial charge in [0, 0.05) is 31.4 Å². The van der Waals surface area contributed by atoms with Gasteiger partial charge in [-0.25, -0.2) is 9.78 Å². The largest absolute Gasteiger partial charge is 0.478 e. The highest BCUT2D eigenvalue weighted by atomic mass is 16.4. The SMILES string of the molecule is CCc1cc(C(=O)O)cc(N2CCN3CCCC3C2)n1. The minimum Gasteiger partial charge on any atom is -0.478 e. The van der Waals surface area contributed by atoms with Crippen LogP contribution in [0.1, 0.15) is 35.8 Å². The quantitative estimate of drug-likeness (QED) is 0.908. The number of aryl methyl sites for hydroxylation is 1. The van der Waals surface area contributed by atoms with Crippen LogP contribution in [0.5, 0.6) is 0 Å².